The van der Waals surface area contributed by atoms with E-state index in [9.17, 15) is 26.4 Å². The van der Waals surface area contributed by atoms with E-state index in [0.29, 0.717) is 4.31 Å². The van der Waals surface area contributed by atoms with Crippen molar-refractivity contribution in [2.45, 2.75) is 9.79 Å². The van der Waals surface area contributed by atoms with Gasteiger partial charge in [-0.05, 0) is 30.3 Å². The molecule has 1 N–H and O–H groups in total. The van der Waals surface area contributed by atoms with E-state index in [0.717, 1.165) is 0 Å². The molecule has 2 aromatic rings. The minimum Gasteiger partial charge on any atom is -0.379 e. The highest BCUT2D eigenvalue weighted by Crippen LogP contribution is 2.31. The normalized spacial score (nSPS) is 18.4. The number of benzene rings is 2. The monoisotopic (exact) mass is 499 g/mol. The zero-order valence-corrected chi connectivity index (χ0v) is 18.9. The number of rotatable bonds is 5. The molecule has 2 amide bonds. The van der Waals surface area contributed by atoms with Gasteiger partial charge in [0.1, 0.15) is 16.3 Å². The van der Waals surface area contributed by atoms with Crippen LogP contribution in [0.15, 0.2) is 52.3 Å². The standard InChI is InChI=1S/C19H18ClN3O7S2/c20-15-6-5-13(11-17(15)31(26,27)22-7-9-30-10-8-22)21-18(24)12-23-19(25)14-3-1-2-4-16(14)32(23,28)29/h1-6,11H,7-10,12H2,(H,21,24). The van der Waals surface area contributed by atoms with Gasteiger partial charge in [-0.25, -0.2) is 21.1 Å². The molecule has 0 aromatic heterocycles. The predicted molar refractivity (Wildman–Crippen MR) is 114 cm³/mol. The zero-order valence-electron chi connectivity index (χ0n) is 16.5. The van der Waals surface area contributed by atoms with Gasteiger partial charge in [-0.3, -0.25) is 9.59 Å². The van der Waals surface area contributed by atoms with Crippen LogP contribution in [-0.2, 0) is 29.6 Å². The fourth-order valence-electron chi connectivity index (χ4n) is 3.42. The minimum atomic E-state index is -4.15. The first-order chi connectivity index (χ1) is 15.1. The van der Waals surface area contributed by atoms with E-state index in [-0.39, 0.29) is 52.4 Å². The summed E-state index contributed by atoms with van der Waals surface area (Å²) >= 11 is 6.10. The fourth-order valence-corrected chi connectivity index (χ4v) is 6.86. The number of sulfonamides is 2. The maximum absolute atomic E-state index is 12.9. The molecule has 170 valence electrons. The molecule has 10 nitrogen and oxygen atoms in total. The summed E-state index contributed by atoms with van der Waals surface area (Å²) in [6.07, 6.45) is 0. The molecule has 13 heteroatoms. The van der Waals surface area contributed by atoms with Crippen molar-refractivity contribution in [1.82, 2.24) is 8.61 Å². The third-order valence-corrected chi connectivity index (χ3v) is 9.17. The molecule has 0 saturated carbocycles. The molecule has 2 aliphatic heterocycles. The second kappa shape index (κ2) is 8.45. The van der Waals surface area contributed by atoms with Crippen LogP contribution in [0.2, 0.25) is 5.02 Å². The van der Waals surface area contributed by atoms with Gasteiger partial charge >= 0.3 is 0 Å². The van der Waals surface area contributed by atoms with E-state index in [4.69, 9.17) is 16.3 Å². The van der Waals surface area contributed by atoms with Crippen molar-refractivity contribution in [2.75, 3.05) is 38.2 Å². The Kier molecular flexibility index (Phi) is 5.98. The fraction of sp³-hybridized carbons (Fsp3) is 0.263. The van der Waals surface area contributed by atoms with Crippen LogP contribution in [0.25, 0.3) is 0 Å². The predicted octanol–water partition coefficient (Wildman–Crippen LogP) is 1.14. The maximum Gasteiger partial charge on any atom is 0.269 e. The molecule has 0 spiro atoms. The quantitative estimate of drug-likeness (QED) is 0.652. The molecule has 1 saturated heterocycles. The topological polar surface area (TPSA) is 130 Å². The van der Waals surface area contributed by atoms with E-state index in [1.54, 1.807) is 0 Å². The summed E-state index contributed by atoms with van der Waals surface area (Å²) < 4.78 is 57.9. The van der Waals surface area contributed by atoms with E-state index >= 15 is 0 Å². The first-order valence-corrected chi connectivity index (χ1v) is 12.7. The number of carbonyl (C=O) groups excluding carboxylic acids is 2. The molecular formula is C19H18ClN3O7S2. The molecule has 0 bridgehead atoms. The number of anilines is 1. The molecule has 2 aromatic carbocycles. The Labute approximate surface area is 189 Å². The van der Waals surface area contributed by atoms with Crippen LogP contribution in [0.5, 0.6) is 0 Å². The summed E-state index contributed by atoms with van der Waals surface area (Å²) in [7, 11) is -8.08. The highest BCUT2D eigenvalue weighted by molar-refractivity contribution is 7.90. The molecule has 0 aliphatic carbocycles. The average Bonchev–Trinajstić information content (AvgIpc) is 2.96. The lowest BCUT2D eigenvalue weighted by Gasteiger charge is -2.26. The highest BCUT2D eigenvalue weighted by atomic mass is 35.5. The van der Waals surface area contributed by atoms with Gasteiger partial charge in [0.05, 0.1) is 23.8 Å². The number of hydrogen-bond acceptors (Lipinski definition) is 7. The van der Waals surface area contributed by atoms with Gasteiger partial charge in [-0.1, -0.05) is 23.7 Å². The van der Waals surface area contributed by atoms with Crippen LogP contribution in [0.1, 0.15) is 10.4 Å². The number of halogens is 1. The van der Waals surface area contributed by atoms with Crippen LogP contribution in [0.4, 0.5) is 5.69 Å². The lowest BCUT2D eigenvalue weighted by atomic mass is 10.2. The van der Waals surface area contributed by atoms with Crippen molar-refractivity contribution in [2.24, 2.45) is 0 Å². The van der Waals surface area contributed by atoms with Crippen LogP contribution in [0.3, 0.4) is 0 Å². The lowest BCUT2D eigenvalue weighted by Crippen LogP contribution is -2.40. The summed E-state index contributed by atoms with van der Waals surface area (Å²) in [6, 6.07) is 9.57. The molecule has 4 rings (SSSR count). The summed E-state index contributed by atoms with van der Waals surface area (Å²) in [5.41, 5.74) is 0.0819. The van der Waals surface area contributed by atoms with Gasteiger partial charge in [-0.2, -0.15) is 4.31 Å². The molecule has 32 heavy (non-hydrogen) atoms. The summed E-state index contributed by atoms with van der Waals surface area (Å²) in [4.78, 5) is 24.6. The van der Waals surface area contributed by atoms with E-state index in [2.05, 4.69) is 5.32 Å². The Morgan fingerprint density at radius 1 is 1.12 bits per heavy atom. The van der Waals surface area contributed by atoms with Gasteiger partial charge in [0.2, 0.25) is 15.9 Å². The lowest BCUT2D eigenvalue weighted by molar-refractivity contribution is -0.116. The van der Waals surface area contributed by atoms with Gasteiger partial charge < -0.3 is 10.1 Å². The molecule has 0 radical (unpaired) electrons. The van der Waals surface area contributed by atoms with Crippen LogP contribution in [-0.4, -0.2) is 70.1 Å². The number of fused-ring (bicyclic) bond motifs is 1. The van der Waals surface area contributed by atoms with Gasteiger partial charge in [-0.15, -0.1) is 0 Å². The molecule has 1 fully saturated rings. The summed E-state index contributed by atoms with van der Waals surface area (Å²) in [5.74, 6) is -1.62. The van der Waals surface area contributed by atoms with Crippen molar-refractivity contribution in [3.8, 4) is 0 Å². The summed E-state index contributed by atoms with van der Waals surface area (Å²) in [5, 5.41) is 2.41. The third-order valence-electron chi connectivity index (χ3n) is 5.00. The Hall–Kier alpha value is -2.51. The van der Waals surface area contributed by atoms with Crippen LogP contribution >= 0.6 is 11.6 Å². The second-order valence-electron chi connectivity index (χ2n) is 7.02. The number of nitrogens with zero attached hydrogens (tertiary/aromatic N) is 2. The number of morpholine rings is 1. The van der Waals surface area contributed by atoms with Crippen molar-refractivity contribution >= 4 is 49.1 Å². The van der Waals surface area contributed by atoms with Crippen molar-refractivity contribution in [3.63, 3.8) is 0 Å². The van der Waals surface area contributed by atoms with Crippen molar-refractivity contribution in [1.29, 1.82) is 0 Å². The second-order valence-corrected chi connectivity index (χ2v) is 11.2. The molecular weight excluding hydrogens is 482 g/mol. The van der Waals surface area contributed by atoms with E-state index in [1.165, 1.54) is 46.8 Å². The average molecular weight is 500 g/mol. The Morgan fingerprint density at radius 3 is 2.50 bits per heavy atom. The number of ether oxygens (including phenoxy) is 1. The van der Waals surface area contributed by atoms with E-state index in [1.807, 2.05) is 0 Å². The third kappa shape index (κ3) is 3.99. The SMILES string of the molecule is O=C(CN1C(=O)c2ccccc2S1(=O)=O)Nc1ccc(Cl)c(S(=O)(=O)N2CCOCC2)c1. The Balaban J connectivity index is 1.54. The minimum absolute atomic E-state index is 0.00863. The van der Waals surface area contributed by atoms with Gasteiger partial charge in [0.25, 0.3) is 15.9 Å². The molecule has 0 atom stereocenters. The number of nitrogens with one attached hydrogen (secondary N) is 1. The first kappa shape index (κ1) is 22.7. The first-order valence-electron chi connectivity index (χ1n) is 9.46. The largest absolute Gasteiger partial charge is 0.379 e. The Morgan fingerprint density at radius 2 is 1.81 bits per heavy atom. The Bertz CT molecular complexity index is 1310. The highest BCUT2D eigenvalue weighted by Gasteiger charge is 2.41. The number of carbonyl (C=O) groups is 2. The number of amides is 2. The van der Waals surface area contributed by atoms with Gasteiger partial charge in [0, 0.05) is 18.8 Å². The maximum atomic E-state index is 12.9. The molecule has 2 heterocycles. The van der Waals surface area contributed by atoms with Crippen LogP contribution in [0, 0.1) is 0 Å². The smallest absolute Gasteiger partial charge is 0.269 e. The van der Waals surface area contributed by atoms with Crippen LogP contribution < -0.4 is 5.32 Å². The number of hydrogen-bond donors (Lipinski definition) is 1. The van der Waals surface area contributed by atoms with E-state index < -0.39 is 38.4 Å². The molecule has 0 unspecified atom stereocenters. The van der Waals surface area contributed by atoms with Crippen molar-refractivity contribution < 1.29 is 31.2 Å². The zero-order chi connectivity index (χ0) is 23.1. The molecule has 2 aliphatic rings. The van der Waals surface area contributed by atoms with Gasteiger partial charge in [0.15, 0.2) is 0 Å². The summed E-state index contributed by atoms with van der Waals surface area (Å²) in [6.45, 7) is 0.0987. The van der Waals surface area contributed by atoms with Crippen molar-refractivity contribution in [3.05, 3.63) is 53.1 Å².